The molecule has 3 nitrogen and oxygen atoms in total. The predicted octanol–water partition coefficient (Wildman–Crippen LogP) is 1.55. The second-order valence-electron chi connectivity index (χ2n) is 3.98. The standard InChI is InChI=1S/C9H16O3/c1-9(2,3)6-5-7(10)8(11)12-4/h5-6H2,1-4H3. The maximum absolute atomic E-state index is 10.9. The monoisotopic (exact) mass is 172 g/mol. The number of rotatable bonds is 3. The van der Waals surface area contributed by atoms with E-state index in [-0.39, 0.29) is 11.8 Å². The molecular formula is C9H16O3. The van der Waals surface area contributed by atoms with Crippen LogP contribution < -0.4 is 0 Å². The van der Waals surface area contributed by atoms with Crippen LogP contribution in [0.1, 0.15) is 33.6 Å². The zero-order chi connectivity index (χ0) is 9.78. The van der Waals surface area contributed by atoms with Crippen molar-refractivity contribution in [2.75, 3.05) is 7.11 Å². The van der Waals surface area contributed by atoms with Gasteiger partial charge in [0.15, 0.2) is 0 Å². The van der Waals surface area contributed by atoms with Crippen molar-refractivity contribution in [3.8, 4) is 0 Å². The first-order valence-electron chi connectivity index (χ1n) is 3.98. The predicted molar refractivity (Wildman–Crippen MR) is 45.7 cm³/mol. The minimum absolute atomic E-state index is 0.0870. The molecule has 0 bridgehead atoms. The highest BCUT2D eigenvalue weighted by atomic mass is 16.5. The summed E-state index contributed by atoms with van der Waals surface area (Å²) in [6.07, 6.45) is 0.983. The molecule has 0 atom stereocenters. The molecule has 0 N–H and O–H groups in total. The van der Waals surface area contributed by atoms with Gasteiger partial charge in [0.05, 0.1) is 7.11 Å². The largest absolute Gasteiger partial charge is 0.463 e. The number of Topliss-reactive ketones (excluding diaryl/α,β-unsaturated/α-hetero) is 1. The third-order valence-corrected chi connectivity index (χ3v) is 1.52. The Bertz CT molecular complexity index is 177. The third kappa shape index (κ3) is 4.88. The van der Waals surface area contributed by atoms with Gasteiger partial charge < -0.3 is 4.74 Å². The lowest BCUT2D eigenvalue weighted by molar-refractivity contribution is -0.151. The van der Waals surface area contributed by atoms with E-state index in [1.54, 1.807) is 0 Å². The number of esters is 1. The van der Waals surface area contributed by atoms with Crippen LogP contribution in [0.5, 0.6) is 0 Å². The van der Waals surface area contributed by atoms with Crippen LogP contribution in [0.15, 0.2) is 0 Å². The van der Waals surface area contributed by atoms with Crippen molar-refractivity contribution < 1.29 is 14.3 Å². The smallest absolute Gasteiger partial charge is 0.374 e. The molecule has 0 aromatic carbocycles. The summed E-state index contributed by atoms with van der Waals surface area (Å²) in [5.74, 6) is -1.17. The van der Waals surface area contributed by atoms with E-state index in [1.165, 1.54) is 7.11 Å². The first-order valence-corrected chi connectivity index (χ1v) is 3.98. The number of carbonyl (C=O) groups is 2. The van der Waals surface area contributed by atoms with E-state index >= 15 is 0 Å². The molecule has 0 saturated carbocycles. The minimum Gasteiger partial charge on any atom is -0.463 e. The van der Waals surface area contributed by atoms with Crippen molar-refractivity contribution in [2.24, 2.45) is 5.41 Å². The lowest BCUT2D eigenvalue weighted by Crippen LogP contribution is -2.18. The molecule has 0 aliphatic heterocycles. The third-order valence-electron chi connectivity index (χ3n) is 1.52. The molecule has 0 aliphatic rings. The van der Waals surface area contributed by atoms with E-state index in [4.69, 9.17) is 0 Å². The summed E-state index contributed by atoms with van der Waals surface area (Å²) in [4.78, 5) is 21.6. The molecule has 12 heavy (non-hydrogen) atoms. The van der Waals surface area contributed by atoms with Crippen LogP contribution in [0.3, 0.4) is 0 Å². The van der Waals surface area contributed by atoms with E-state index in [0.717, 1.165) is 0 Å². The number of hydrogen-bond donors (Lipinski definition) is 0. The van der Waals surface area contributed by atoms with Gasteiger partial charge in [-0.3, -0.25) is 4.79 Å². The zero-order valence-electron chi connectivity index (χ0n) is 8.14. The van der Waals surface area contributed by atoms with Crippen LogP contribution in [0.4, 0.5) is 0 Å². The Morgan fingerprint density at radius 2 is 1.75 bits per heavy atom. The van der Waals surface area contributed by atoms with Gasteiger partial charge in [-0.1, -0.05) is 20.8 Å². The Balaban J connectivity index is 3.80. The highest BCUT2D eigenvalue weighted by Gasteiger charge is 2.18. The van der Waals surface area contributed by atoms with Gasteiger partial charge in [0, 0.05) is 6.42 Å². The molecule has 0 saturated heterocycles. The van der Waals surface area contributed by atoms with Gasteiger partial charge in [-0.2, -0.15) is 0 Å². The van der Waals surface area contributed by atoms with Crippen molar-refractivity contribution in [1.29, 1.82) is 0 Å². The Hall–Kier alpha value is -0.860. The van der Waals surface area contributed by atoms with Gasteiger partial charge >= 0.3 is 5.97 Å². The fourth-order valence-corrected chi connectivity index (χ4v) is 0.704. The van der Waals surface area contributed by atoms with Gasteiger partial charge in [-0.15, -0.1) is 0 Å². The van der Waals surface area contributed by atoms with Crippen LogP contribution in [0.2, 0.25) is 0 Å². The van der Waals surface area contributed by atoms with Crippen LogP contribution in [-0.4, -0.2) is 18.9 Å². The summed E-state index contributed by atoms with van der Waals surface area (Å²) in [5, 5.41) is 0. The van der Waals surface area contributed by atoms with E-state index in [0.29, 0.717) is 6.42 Å². The second-order valence-corrected chi connectivity index (χ2v) is 3.98. The molecule has 3 heteroatoms. The Labute approximate surface area is 73.1 Å². The molecule has 0 amide bonds. The molecule has 0 aliphatic carbocycles. The Morgan fingerprint density at radius 1 is 1.25 bits per heavy atom. The number of ketones is 1. The average Bonchev–Trinajstić information content (AvgIpc) is 1.97. The molecule has 0 radical (unpaired) electrons. The minimum atomic E-state index is -0.737. The molecule has 0 aromatic rings. The molecule has 0 unspecified atom stereocenters. The second kappa shape index (κ2) is 4.24. The number of carbonyl (C=O) groups excluding carboxylic acids is 2. The van der Waals surface area contributed by atoms with Crippen LogP contribution >= 0.6 is 0 Å². The van der Waals surface area contributed by atoms with Crippen molar-refractivity contribution in [2.45, 2.75) is 33.6 Å². The van der Waals surface area contributed by atoms with Gasteiger partial charge in [0.1, 0.15) is 0 Å². The van der Waals surface area contributed by atoms with E-state index in [1.807, 2.05) is 20.8 Å². The maximum atomic E-state index is 10.9. The SMILES string of the molecule is COC(=O)C(=O)CCC(C)(C)C. The van der Waals surface area contributed by atoms with Gasteiger partial charge in [-0.05, 0) is 11.8 Å². The van der Waals surface area contributed by atoms with Gasteiger partial charge in [0.2, 0.25) is 5.78 Å². The highest BCUT2D eigenvalue weighted by molar-refractivity contribution is 6.33. The van der Waals surface area contributed by atoms with Gasteiger partial charge in [0.25, 0.3) is 0 Å². The van der Waals surface area contributed by atoms with Gasteiger partial charge in [-0.25, -0.2) is 4.79 Å². The van der Waals surface area contributed by atoms with Crippen molar-refractivity contribution >= 4 is 11.8 Å². The lowest BCUT2D eigenvalue weighted by Gasteiger charge is -2.16. The number of methoxy groups -OCH3 is 1. The summed E-state index contributed by atoms with van der Waals surface area (Å²) in [7, 11) is 1.22. The topological polar surface area (TPSA) is 43.4 Å². The summed E-state index contributed by atoms with van der Waals surface area (Å²) in [6.45, 7) is 6.08. The van der Waals surface area contributed by atoms with E-state index in [9.17, 15) is 9.59 Å². The first kappa shape index (κ1) is 11.1. The Kier molecular flexibility index (Phi) is 3.93. The fraction of sp³-hybridized carbons (Fsp3) is 0.778. The Morgan fingerprint density at radius 3 is 2.08 bits per heavy atom. The van der Waals surface area contributed by atoms with E-state index in [2.05, 4.69) is 4.74 Å². The summed E-state index contributed by atoms with van der Waals surface area (Å²) >= 11 is 0. The molecule has 0 aromatic heterocycles. The first-order chi connectivity index (χ1) is 5.37. The molecule has 70 valence electrons. The number of ether oxygens (including phenoxy) is 1. The van der Waals surface area contributed by atoms with Crippen LogP contribution in [0, 0.1) is 5.41 Å². The summed E-state index contributed by atoms with van der Waals surface area (Å²) in [5.41, 5.74) is 0.0870. The molecular weight excluding hydrogens is 156 g/mol. The highest BCUT2D eigenvalue weighted by Crippen LogP contribution is 2.20. The fourth-order valence-electron chi connectivity index (χ4n) is 0.704. The average molecular weight is 172 g/mol. The van der Waals surface area contributed by atoms with Crippen molar-refractivity contribution in [1.82, 2.24) is 0 Å². The van der Waals surface area contributed by atoms with Crippen LogP contribution in [-0.2, 0) is 14.3 Å². The zero-order valence-corrected chi connectivity index (χ0v) is 8.14. The molecule has 0 fully saturated rings. The van der Waals surface area contributed by atoms with Crippen LogP contribution in [0.25, 0.3) is 0 Å². The summed E-state index contributed by atoms with van der Waals surface area (Å²) < 4.78 is 4.29. The maximum Gasteiger partial charge on any atom is 0.374 e. The quantitative estimate of drug-likeness (QED) is 0.479. The van der Waals surface area contributed by atoms with E-state index < -0.39 is 11.8 Å². The normalized spacial score (nSPS) is 11.0. The molecule has 0 spiro atoms. The van der Waals surface area contributed by atoms with Crippen molar-refractivity contribution in [3.05, 3.63) is 0 Å². The number of hydrogen-bond acceptors (Lipinski definition) is 3. The lowest BCUT2D eigenvalue weighted by atomic mass is 9.89. The van der Waals surface area contributed by atoms with Crippen molar-refractivity contribution in [3.63, 3.8) is 0 Å². The molecule has 0 rings (SSSR count). The molecule has 0 heterocycles. The summed E-state index contributed by atoms with van der Waals surface area (Å²) in [6, 6.07) is 0.